The zero-order valence-corrected chi connectivity index (χ0v) is 19.0. The lowest BCUT2D eigenvalue weighted by Gasteiger charge is -2.36. The summed E-state index contributed by atoms with van der Waals surface area (Å²) < 4.78 is 0. The molecule has 1 unspecified atom stereocenters. The van der Waals surface area contributed by atoms with Crippen molar-refractivity contribution in [2.75, 3.05) is 50.7 Å². The summed E-state index contributed by atoms with van der Waals surface area (Å²) in [5.41, 5.74) is 3.26. The van der Waals surface area contributed by atoms with Crippen molar-refractivity contribution in [3.8, 4) is 0 Å². The number of benzene rings is 2. The van der Waals surface area contributed by atoms with Gasteiger partial charge in [0.15, 0.2) is 0 Å². The van der Waals surface area contributed by atoms with Crippen LogP contribution >= 0.6 is 0 Å². The van der Waals surface area contributed by atoms with Crippen LogP contribution in [0.15, 0.2) is 54.6 Å². The zero-order chi connectivity index (χ0) is 22.3. The van der Waals surface area contributed by atoms with E-state index in [0.717, 1.165) is 52.0 Å². The Labute approximate surface area is 191 Å². The highest BCUT2D eigenvalue weighted by Gasteiger charge is 2.34. The molecular formula is C26H34N4O2. The van der Waals surface area contributed by atoms with E-state index >= 15 is 0 Å². The topological polar surface area (TPSA) is 55.9 Å². The van der Waals surface area contributed by atoms with Gasteiger partial charge < -0.3 is 15.1 Å². The van der Waals surface area contributed by atoms with Crippen molar-refractivity contribution >= 4 is 17.5 Å². The highest BCUT2D eigenvalue weighted by molar-refractivity contribution is 5.97. The molecule has 2 aliphatic heterocycles. The SMILES string of the molecule is Cc1cccc(N2CCN(CCCNC(=O)C3CCCN3C(=O)c3ccccc3)CC2)c1. The standard InChI is InChI=1S/C26H34N4O2/c1-21-8-5-11-23(20-21)29-18-16-28(17-19-29)14-7-13-27-25(31)24-12-6-15-30(24)26(32)22-9-3-2-4-10-22/h2-5,8-11,20,24H,6-7,12-19H2,1H3,(H,27,31). The Morgan fingerprint density at radius 1 is 0.969 bits per heavy atom. The highest BCUT2D eigenvalue weighted by atomic mass is 16.2. The van der Waals surface area contributed by atoms with E-state index in [4.69, 9.17) is 0 Å². The molecule has 0 radical (unpaired) electrons. The van der Waals surface area contributed by atoms with Gasteiger partial charge >= 0.3 is 0 Å². The van der Waals surface area contributed by atoms with Gasteiger partial charge in [0.25, 0.3) is 5.91 Å². The van der Waals surface area contributed by atoms with Crippen LogP contribution < -0.4 is 10.2 Å². The third-order valence-corrected chi connectivity index (χ3v) is 6.53. The number of amides is 2. The van der Waals surface area contributed by atoms with Crippen molar-refractivity contribution < 1.29 is 9.59 Å². The first-order chi connectivity index (χ1) is 15.6. The molecule has 4 rings (SSSR count). The monoisotopic (exact) mass is 434 g/mol. The van der Waals surface area contributed by atoms with Gasteiger partial charge in [-0.15, -0.1) is 0 Å². The van der Waals surface area contributed by atoms with E-state index in [9.17, 15) is 9.59 Å². The lowest BCUT2D eigenvalue weighted by molar-refractivity contribution is -0.124. The van der Waals surface area contributed by atoms with Crippen molar-refractivity contribution in [3.05, 3.63) is 65.7 Å². The molecule has 2 fully saturated rings. The van der Waals surface area contributed by atoms with E-state index in [-0.39, 0.29) is 17.9 Å². The smallest absolute Gasteiger partial charge is 0.254 e. The molecule has 1 N–H and O–H groups in total. The molecule has 0 bridgehead atoms. The summed E-state index contributed by atoms with van der Waals surface area (Å²) in [5, 5.41) is 3.07. The second kappa shape index (κ2) is 10.6. The minimum atomic E-state index is -0.347. The first-order valence-corrected chi connectivity index (χ1v) is 11.8. The number of hydrogen-bond donors (Lipinski definition) is 1. The van der Waals surface area contributed by atoms with Crippen LogP contribution in [-0.4, -0.2) is 73.5 Å². The van der Waals surface area contributed by atoms with Crippen molar-refractivity contribution in [1.82, 2.24) is 15.1 Å². The summed E-state index contributed by atoms with van der Waals surface area (Å²) >= 11 is 0. The van der Waals surface area contributed by atoms with Crippen molar-refractivity contribution in [2.45, 2.75) is 32.2 Å². The minimum Gasteiger partial charge on any atom is -0.369 e. The van der Waals surface area contributed by atoms with Gasteiger partial charge in [-0.05, 0) is 62.6 Å². The van der Waals surface area contributed by atoms with Gasteiger partial charge in [-0.2, -0.15) is 0 Å². The molecule has 170 valence electrons. The molecule has 32 heavy (non-hydrogen) atoms. The fraction of sp³-hybridized carbons (Fsp3) is 0.462. The third-order valence-electron chi connectivity index (χ3n) is 6.53. The van der Waals surface area contributed by atoms with Gasteiger partial charge in [0.2, 0.25) is 5.91 Å². The number of nitrogens with zero attached hydrogens (tertiary/aromatic N) is 3. The van der Waals surface area contributed by atoms with Gasteiger partial charge in [0, 0.05) is 50.5 Å². The number of rotatable bonds is 7. The molecule has 6 nitrogen and oxygen atoms in total. The Hall–Kier alpha value is -2.86. The van der Waals surface area contributed by atoms with E-state index in [2.05, 4.69) is 46.3 Å². The second-order valence-corrected chi connectivity index (χ2v) is 8.83. The van der Waals surface area contributed by atoms with E-state index in [1.165, 1.54) is 11.3 Å². The summed E-state index contributed by atoms with van der Waals surface area (Å²) in [7, 11) is 0. The number of nitrogens with one attached hydrogen (secondary N) is 1. The number of anilines is 1. The molecule has 2 amide bonds. The Bertz CT molecular complexity index is 909. The van der Waals surface area contributed by atoms with Crippen LogP contribution in [0.4, 0.5) is 5.69 Å². The molecule has 2 aromatic carbocycles. The minimum absolute atomic E-state index is 0.0175. The summed E-state index contributed by atoms with van der Waals surface area (Å²) in [4.78, 5) is 32.2. The van der Waals surface area contributed by atoms with E-state index in [1.54, 1.807) is 4.90 Å². The predicted octanol–water partition coefficient (Wildman–Crippen LogP) is 2.93. The molecular weight excluding hydrogens is 400 g/mol. The summed E-state index contributed by atoms with van der Waals surface area (Å²) in [5.74, 6) is -0.0641. The van der Waals surface area contributed by atoms with Gasteiger partial charge in [-0.3, -0.25) is 14.5 Å². The van der Waals surface area contributed by atoms with Crippen molar-refractivity contribution in [2.24, 2.45) is 0 Å². The largest absolute Gasteiger partial charge is 0.369 e. The second-order valence-electron chi connectivity index (χ2n) is 8.83. The number of hydrogen-bond acceptors (Lipinski definition) is 4. The molecule has 1 atom stereocenters. The first-order valence-electron chi connectivity index (χ1n) is 11.8. The highest BCUT2D eigenvalue weighted by Crippen LogP contribution is 2.21. The van der Waals surface area contributed by atoms with Crippen LogP contribution in [0.5, 0.6) is 0 Å². The lowest BCUT2D eigenvalue weighted by atomic mass is 10.1. The number of aryl methyl sites for hydroxylation is 1. The molecule has 2 saturated heterocycles. The Kier molecular flexibility index (Phi) is 7.43. The van der Waals surface area contributed by atoms with Gasteiger partial charge in [0.05, 0.1) is 0 Å². The molecule has 6 heteroatoms. The normalized spacial score (nSPS) is 19.2. The van der Waals surface area contributed by atoms with Gasteiger partial charge in [-0.1, -0.05) is 30.3 Å². The molecule has 0 saturated carbocycles. The Morgan fingerprint density at radius 3 is 2.50 bits per heavy atom. The number of carbonyl (C=O) groups is 2. The Morgan fingerprint density at radius 2 is 1.75 bits per heavy atom. The lowest BCUT2D eigenvalue weighted by Crippen LogP contribution is -2.48. The third kappa shape index (κ3) is 5.49. The molecule has 0 aliphatic carbocycles. The Balaban J connectivity index is 1.17. The maximum Gasteiger partial charge on any atom is 0.254 e. The maximum atomic E-state index is 12.8. The fourth-order valence-electron chi connectivity index (χ4n) is 4.72. The van der Waals surface area contributed by atoms with Crippen LogP contribution in [0.2, 0.25) is 0 Å². The summed E-state index contributed by atoms with van der Waals surface area (Å²) in [6.45, 7) is 8.59. The van der Waals surface area contributed by atoms with Crippen LogP contribution in [0.3, 0.4) is 0 Å². The maximum absolute atomic E-state index is 12.8. The molecule has 2 aromatic rings. The van der Waals surface area contributed by atoms with Crippen LogP contribution in [-0.2, 0) is 4.79 Å². The van der Waals surface area contributed by atoms with E-state index < -0.39 is 0 Å². The molecule has 0 spiro atoms. The van der Waals surface area contributed by atoms with Crippen molar-refractivity contribution in [3.63, 3.8) is 0 Å². The van der Waals surface area contributed by atoms with Gasteiger partial charge in [-0.25, -0.2) is 0 Å². The first kappa shape index (κ1) is 22.3. The summed E-state index contributed by atoms with van der Waals surface area (Å²) in [6, 6.07) is 17.6. The van der Waals surface area contributed by atoms with E-state index in [1.807, 2.05) is 30.3 Å². The fourth-order valence-corrected chi connectivity index (χ4v) is 4.72. The van der Waals surface area contributed by atoms with Crippen LogP contribution in [0.1, 0.15) is 35.2 Å². The zero-order valence-electron chi connectivity index (χ0n) is 19.0. The average Bonchev–Trinajstić information content (AvgIpc) is 3.32. The van der Waals surface area contributed by atoms with Crippen molar-refractivity contribution in [1.29, 1.82) is 0 Å². The molecule has 0 aromatic heterocycles. The molecule has 2 aliphatic rings. The van der Waals surface area contributed by atoms with Crippen LogP contribution in [0, 0.1) is 6.92 Å². The number of piperazine rings is 1. The van der Waals surface area contributed by atoms with Gasteiger partial charge in [0.1, 0.15) is 6.04 Å². The number of likely N-dealkylation sites (tertiary alicyclic amines) is 1. The quantitative estimate of drug-likeness (QED) is 0.681. The number of carbonyl (C=O) groups excluding carboxylic acids is 2. The summed E-state index contributed by atoms with van der Waals surface area (Å²) in [6.07, 6.45) is 2.54. The predicted molar refractivity (Wildman–Crippen MR) is 128 cm³/mol. The molecule has 2 heterocycles. The average molecular weight is 435 g/mol. The van der Waals surface area contributed by atoms with Crippen LogP contribution in [0.25, 0.3) is 0 Å². The van der Waals surface area contributed by atoms with E-state index in [0.29, 0.717) is 18.7 Å².